The predicted octanol–water partition coefficient (Wildman–Crippen LogP) is 6.91. The van der Waals surface area contributed by atoms with Crippen molar-refractivity contribution in [1.29, 1.82) is 0 Å². The first-order valence-electron chi connectivity index (χ1n) is 12.5. The van der Waals surface area contributed by atoms with Crippen molar-refractivity contribution in [1.82, 2.24) is 15.0 Å². The van der Waals surface area contributed by atoms with Gasteiger partial charge in [0.25, 0.3) is 11.8 Å². The number of rotatable bonds is 5. The van der Waals surface area contributed by atoms with E-state index in [1.807, 2.05) is 0 Å². The average Bonchev–Trinajstić information content (AvgIpc) is 3.33. The molecule has 7 nitrogen and oxygen atoms in total. The van der Waals surface area contributed by atoms with E-state index in [4.69, 9.17) is 23.2 Å². The van der Waals surface area contributed by atoms with Crippen molar-refractivity contribution in [3.63, 3.8) is 0 Å². The number of aliphatic hydroxyl groups is 1. The predicted molar refractivity (Wildman–Crippen MR) is 144 cm³/mol. The van der Waals surface area contributed by atoms with Gasteiger partial charge < -0.3 is 10.4 Å². The molecule has 220 valence electrons. The molecule has 0 radical (unpaired) electrons. The van der Waals surface area contributed by atoms with Crippen LogP contribution in [-0.4, -0.2) is 44.0 Å². The molecule has 14 heteroatoms. The topological polar surface area (TPSA) is 85.8 Å². The Bertz CT molecular complexity index is 1650. The van der Waals surface area contributed by atoms with Crippen LogP contribution in [0.25, 0.3) is 11.1 Å². The lowest BCUT2D eigenvalue weighted by Crippen LogP contribution is -2.60. The number of carbonyl (C=O) groups is 2. The molecule has 42 heavy (non-hydrogen) atoms. The summed E-state index contributed by atoms with van der Waals surface area (Å²) in [5.74, 6) is -5.00. The number of nitrogens with zero attached hydrogens (tertiary/aromatic N) is 3. The number of fused-ring (bicyclic) bond motifs is 1. The molecule has 3 heterocycles. The summed E-state index contributed by atoms with van der Waals surface area (Å²) in [4.78, 5) is 31.2. The first kappa shape index (κ1) is 29.7. The maximum absolute atomic E-state index is 14.5. The minimum atomic E-state index is -4.75. The van der Waals surface area contributed by atoms with Gasteiger partial charge in [0.05, 0.1) is 22.7 Å². The third kappa shape index (κ3) is 5.18. The number of pyridine rings is 1. The number of alkyl halides is 3. The SMILES string of the molecule is C[C@]12CCCN1N(Cc1cccc(F)c1F)C(=O)C(C(=O)Nc1ccc(C(F)(F)F)cc1-c1cc(Cl)cnc1Cl)=C2O. The maximum atomic E-state index is 14.5. The zero-order valence-corrected chi connectivity index (χ0v) is 23.2. The van der Waals surface area contributed by atoms with Gasteiger partial charge in [-0.05, 0) is 50.1 Å². The van der Waals surface area contributed by atoms with Crippen LogP contribution in [0.2, 0.25) is 10.2 Å². The lowest BCUT2D eigenvalue weighted by molar-refractivity contribution is -0.160. The van der Waals surface area contributed by atoms with Gasteiger partial charge in [0.15, 0.2) is 11.6 Å². The number of hydrogen-bond acceptors (Lipinski definition) is 5. The van der Waals surface area contributed by atoms with Crippen LogP contribution in [-0.2, 0) is 22.3 Å². The zero-order valence-electron chi connectivity index (χ0n) is 21.7. The van der Waals surface area contributed by atoms with E-state index in [0.29, 0.717) is 12.8 Å². The Labute approximate surface area is 246 Å². The minimum absolute atomic E-state index is 0.0316. The Kier molecular flexibility index (Phi) is 7.67. The number of aromatic nitrogens is 1. The van der Waals surface area contributed by atoms with Crippen LogP contribution in [0.3, 0.4) is 0 Å². The Morgan fingerprint density at radius 3 is 2.60 bits per heavy atom. The number of anilines is 1. The molecular formula is C28H21Cl2F5N4O3. The molecule has 2 aliphatic heterocycles. The second-order valence-corrected chi connectivity index (χ2v) is 10.8. The van der Waals surface area contributed by atoms with E-state index in [0.717, 1.165) is 29.3 Å². The fourth-order valence-electron chi connectivity index (χ4n) is 5.23. The highest BCUT2D eigenvalue weighted by Crippen LogP contribution is 2.43. The van der Waals surface area contributed by atoms with Gasteiger partial charge >= 0.3 is 6.18 Å². The maximum Gasteiger partial charge on any atom is 0.416 e. The number of amides is 2. The number of benzene rings is 2. The van der Waals surface area contributed by atoms with E-state index in [2.05, 4.69) is 10.3 Å². The first-order valence-corrected chi connectivity index (χ1v) is 13.3. The van der Waals surface area contributed by atoms with E-state index >= 15 is 0 Å². The third-order valence-electron chi connectivity index (χ3n) is 7.36. The summed E-state index contributed by atoms with van der Waals surface area (Å²) < 4.78 is 69.2. The van der Waals surface area contributed by atoms with Gasteiger partial charge in [-0.25, -0.2) is 18.8 Å². The van der Waals surface area contributed by atoms with Crippen molar-refractivity contribution in [2.24, 2.45) is 0 Å². The van der Waals surface area contributed by atoms with E-state index in [9.17, 15) is 36.6 Å². The number of aliphatic hydroxyl groups excluding tert-OH is 1. The van der Waals surface area contributed by atoms with Crippen LogP contribution in [0.4, 0.5) is 27.6 Å². The molecule has 1 fully saturated rings. The van der Waals surface area contributed by atoms with Crippen LogP contribution < -0.4 is 5.32 Å². The second-order valence-electron chi connectivity index (χ2n) is 10.0. The van der Waals surface area contributed by atoms with E-state index < -0.39 is 58.6 Å². The molecule has 2 aromatic carbocycles. The summed E-state index contributed by atoms with van der Waals surface area (Å²) >= 11 is 12.2. The quantitative estimate of drug-likeness (QED) is 0.182. The molecule has 0 saturated carbocycles. The summed E-state index contributed by atoms with van der Waals surface area (Å²) in [5, 5.41) is 16.0. The zero-order chi connectivity index (χ0) is 30.6. The van der Waals surface area contributed by atoms with Crippen LogP contribution in [0.15, 0.2) is 60.0 Å². The summed E-state index contributed by atoms with van der Waals surface area (Å²) in [5.41, 5.74) is -3.58. The van der Waals surface area contributed by atoms with Gasteiger partial charge in [0, 0.05) is 35.1 Å². The van der Waals surface area contributed by atoms with Gasteiger partial charge in [-0.15, -0.1) is 0 Å². The highest BCUT2D eigenvalue weighted by Gasteiger charge is 2.52. The highest BCUT2D eigenvalue weighted by molar-refractivity contribution is 6.34. The fourth-order valence-corrected chi connectivity index (χ4v) is 5.59. The third-order valence-corrected chi connectivity index (χ3v) is 7.87. The monoisotopic (exact) mass is 626 g/mol. The van der Waals surface area contributed by atoms with Gasteiger partial charge in [-0.2, -0.15) is 13.2 Å². The minimum Gasteiger partial charge on any atom is -0.509 e. The molecule has 3 aromatic rings. The molecule has 0 unspecified atom stereocenters. The molecular weight excluding hydrogens is 606 g/mol. The fraction of sp³-hybridized carbons (Fsp3) is 0.250. The summed E-state index contributed by atoms with van der Waals surface area (Å²) in [6.45, 7) is 1.42. The van der Waals surface area contributed by atoms with E-state index in [-0.39, 0.29) is 39.1 Å². The molecule has 2 aliphatic rings. The highest BCUT2D eigenvalue weighted by atomic mass is 35.5. The van der Waals surface area contributed by atoms with Crippen molar-refractivity contribution >= 4 is 40.7 Å². The number of hydrogen-bond donors (Lipinski definition) is 2. The molecule has 0 spiro atoms. The Morgan fingerprint density at radius 1 is 1.14 bits per heavy atom. The summed E-state index contributed by atoms with van der Waals surface area (Å²) in [6, 6.07) is 7.18. The van der Waals surface area contributed by atoms with Gasteiger partial charge in [0.2, 0.25) is 0 Å². The molecule has 1 aromatic heterocycles. The van der Waals surface area contributed by atoms with Gasteiger partial charge in [0.1, 0.15) is 16.5 Å². The van der Waals surface area contributed by atoms with Crippen molar-refractivity contribution in [3.8, 4) is 11.1 Å². The van der Waals surface area contributed by atoms with Crippen LogP contribution in [0.1, 0.15) is 30.9 Å². The summed E-state index contributed by atoms with van der Waals surface area (Å²) in [7, 11) is 0. The number of carbonyl (C=O) groups excluding carboxylic acids is 2. The average molecular weight is 627 g/mol. The van der Waals surface area contributed by atoms with Crippen molar-refractivity contribution in [3.05, 3.63) is 92.9 Å². The molecule has 1 saturated heterocycles. The van der Waals surface area contributed by atoms with E-state index in [1.54, 1.807) is 6.92 Å². The normalized spacial score (nSPS) is 19.3. The molecule has 2 amide bonds. The smallest absolute Gasteiger partial charge is 0.416 e. The van der Waals surface area contributed by atoms with Crippen molar-refractivity contribution in [2.45, 2.75) is 38.0 Å². The Balaban J connectivity index is 1.57. The number of hydrazine groups is 1. The number of halogens is 7. The van der Waals surface area contributed by atoms with Crippen LogP contribution in [0, 0.1) is 11.6 Å². The van der Waals surface area contributed by atoms with Crippen LogP contribution in [0.5, 0.6) is 0 Å². The van der Waals surface area contributed by atoms with Gasteiger partial charge in [-0.3, -0.25) is 14.6 Å². The Morgan fingerprint density at radius 2 is 1.88 bits per heavy atom. The standard InChI is InChI=1S/C28H21Cl2F5N4O3/c1-27-8-3-9-39(27)38(13-14-4-2-5-19(31)22(14)32)26(42)21(23(27)40)25(41)37-20-7-6-15(28(33,34)35)10-17(20)18-11-16(29)12-36-24(18)30/h2,4-7,10-12,40H,3,8-9,13H2,1H3,(H,37,41)/t27-/m1/s1. The lowest BCUT2D eigenvalue weighted by Gasteiger charge is -2.46. The van der Waals surface area contributed by atoms with Crippen LogP contribution >= 0.6 is 23.2 Å². The lowest BCUT2D eigenvalue weighted by atomic mass is 9.90. The molecule has 0 bridgehead atoms. The van der Waals surface area contributed by atoms with Crippen molar-refractivity contribution in [2.75, 3.05) is 11.9 Å². The molecule has 0 aliphatic carbocycles. The second kappa shape index (κ2) is 10.8. The van der Waals surface area contributed by atoms with Crippen molar-refractivity contribution < 1.29 is 36.6 Å². The Hall–Kier alpha value is -3.74. The largest absolute Gasteiger partial charge is 0.509 e. The van der Waals surface area contributed by atoms with E-state index in [1.165, 1.54) is 29.4 Å². The summed E-state index contributed by atoms with van der Waals surface area (Å²) in [6.07, 6.45) is -2.73. The first-order chi connectivity index (χ1) is 19.7. The van der Waals surface area contributed by atoms with Gasteiger partial charge in [-0.1, -0.05) is 35.3 Å². The molecule has 1 atom stereocenters. The molecule has 5 rings (SSSR count). The molecule has 2 N–H and O–H groups in total. The number of nitrogens with one attached hydrogen (secondary N) is 1.